The van der Waals surface area contributed by atoms with E-state index in [9.17, 15) is 4.79 Å². The van der Waals surface area contributed by atoms with E-state index < -0.39 is 0 Å². The van der Waals surface area contributed by atoms with Gasteiger partial charge >= 0.3 is 0 Å². The molecule has 7 nitrogen and oxygen atoms in total. The van der Waals surface area contributed by atoms with E-state index in [0.717, 1.165) is 5.75 Å². The van der Waals surface area contributed by atoms with Crippen LogP contribution in [0.3, 0.4) is 0 Å². The number of thioether (sulfide) groups is 1. The molecule has 0 radical (unpaired) electrons. The first-order valence-electron chi connectivity index (χ1n) is 9.34. The number of hydrogen-bond acceptors (Lipinski definition) is 6. The molecule has 1 atom stereocenters. The number of nitrogens with one attached hydrogen (secondary N) is 1. The Kier molecular flexibility index (Phi) is 7.13. The molecule has 152 valence electrons. The van der Waals surface area contributed by atoms with Crippen molar-refractivity contribution in [1.29, 1.82) is 0 Å². The predicted molar refractivity (Wildman–Crippen MR) is 113 cm³/mol. The Hall–Kier alpha value is -3.00. The minimum Gasteiger partial charge on any atom is -0.492 e. The second-order valence-electron chi connectivity index (χ2n) is 6.24. The van der Waals surface area contributed by atoms with Crippen LogP contribution in [0.5, 0.6) is 11.5 Å². The van der Waals surface area contributed by atoms with Crippen molar-refractivity contribution in [3.8, 4) is 11.5 Å². The van der Waals surface area contributed by atoms with Crippen LogP contribution in [0, 0.1) is 0 Å². The van der Waals surface area contributed by atoms with Crippen molar-refractivity contribution in [2.45, 2.75) is 25.1 Å². The molecule has 1 amide bonds. The van der Waals surface area contributed by atoms with E-state index in [1.165, 1.54) is 11.8 Å². The molecule has 2 aromatic carbocycles. The van der Waals surface area contributed by atoms with Gasteiger partial charge in [-0.25, -0.2) is 0 Å². The van der Waals surface area contributed by atoms with Crippen LogP contribution in [-0.2, 0) is 11.8 Å². The summed E-state index contributed by atoms with van der Waals surface area (Å²) < 4.78 is 13.3. The number of para-hydroxylation sites is 3. The van der Waals surface area contributed by atoms with Gasteiger partial charge in [0.15, 0.2) is 17.1 Å². The second kappa shape index (κ2) is 9.97. The van der Waals surface area contributed by atoms with E-state index in [0.29, 0.717) is 29.0 Å². The molecule has 8 heteroatoms. The van der Waals surface area contributed by atoms with E-state index in [4.69, 9.17) is 9.47 Å². The van der Waals surface area contributed by atoms with E-state index in [1.54, 1.807) is 0 Å². The number of aromatic nitrogens is 3. The number of carbonyl (C=O) groups is 1. The van der Waals surface area contributed by atoms with Gasteiger partial charge in [-0.1, -0.05) is 42.1 Å². The van der Waals surface area contributed by atoms with Crippen molar-refractivity contribution in [2.24, 2.45) is 7.05 Å². The first kappa shape index (κ1) is 20.7. The van der Waals surface area contributed by atoms with Crippen molar-refractivity contribution < 1.29 is 14.3 Å². The highest BCUT2D eigenvalue weighted by molar-refractivity contribution is 7.99. The van der Waals surface area contributed by atoms with Crippen LogP contribution >= 0.6 is 11.8 Å². The largest absolute Gasteiger partial charge is 0.492 e. The maximum Gasteiger partial charge on any atom is 0.234 e. The van der Waals surface area contributed by atoms with E-state index in [1.807, 2.05) is 80.1 Å². The van der Waals surface area contributed by atoms with Crippen molar-refractivity contribution >= 4 is 23.4 Å². The van der Waals surface area contributed by atoms with Gasteiger partial charge in [-0.05, 0) is 38.1 Å². The van der Waals surface area contributed by atoms with Crippen molar-refractivity contribution in [3.63, 3.8) is 0 Å². The normalized spacial score (nSPS) is 11.7. The van der Waals surface area contributed by atoms with Crippen molar-refractivity contribution in [3.05, 3.63) is 60.4 Å². The summed E-state index contributed by atoms with van der Waals surface area (Å²) in [6.07, 6.45) is -0.267. The molecule has 0 spiro atoms. The summed E-state index contributed by atoms with van der Waals surface area (Å²) in [4.78, 5) is 12.4. The van der Waals surface area contributed by atoms with Gasteiger partial charge in [-0.2, -0.15) is 0 Å². The predicted octanol–water partition coefficient (Wildman–Crippen LogP) is 4.08. The fourth-order valence-corrected chi connectivity index (χ4v) is 3.45. The number of carbonyl (C=O) groups excluding carboxylic acids is 1. The fourth-order valence-electron chi connectivity index (χ4n) is 2.73. The molecule has 1 N–H and O–H groups in total. The molecule has 3 rings (SSSR count). The van der Waals surface area contributed by atoms with Gasteiger partial charge in [0.2, 0.25) is 5.91 Å². The highest BCUT2D eigenvalue weighted by Gasteiger charge is 2.18. The SMILES string of the molecule is CCOc1ccccc1NC(=O)CSc1nnc(C(C)Oc2ccccc2)n1C. The third kappa shape index (κ3) is 5.51. The topological polar surface area (TPSA) is 78.3 Å². The van der Waals surface area contributed by atoms with E-state index in [-0.39, 0.29) is 17.8 Å². The molecule has 0 bridgehead atoms. The van der Waals surface area contributed by atoms with Crippen LogP contribution < -0.4 is 14.8 Å². The summed E-state index contributed by atoms with van der Waals surface area (Å²) in [5.41, 5.74) is 0.656. The molecule has 0 fully saturated rings. The van der Waals surface area contributed by atoms with Gasteiger partial charge in [-0.3, -0.25) is 4.79 Å². The Balaban J connectivity index is 1.58. The molecule has 0 aliphatic heterocycles. The summed E-state index contributed by atoms with van der Waals surface area (Å²) in [5, 5.41) is 12.0. The molecule has 0 saturated carbocycles. The van der Waals surface area contributed by atoms with Crippen molar-refractivity contribution in [1.82, 2.24) is 14.8 Å². The minimum atomic E-state index is -0.267. The first-order chi connectivity index (χ1) is 14.1. The standard InChI is InChI=1S/C21H24N4O3S/c1-4-27-18-13-9-8-12-17(18)22-19(26)14-29-21-24-23-20(25(21)3)15(2)28-16-10-6-5-7-11-16/h5-13,15H,4,14H2,1-3H3,(H,22,26). The van der Waals surface area contributed by atoms with Crippen LogP contribution in [0.4, 0.5) is 5.69 Å². The maximum absolute atomic E-state index is 12.4. The average Bonchev–Trinajstić information content (AvgIpc) is 3.09. The molecular formula is C21H24N4O3S. The third-order valence-corrected chi connectivity index (χ3v) is 5.10. The Labute approximate surface area is 174 Å². The Morgan fingerprint density at radius 1 is 1.14 bits per heavy atom. The minimum absolute atomic E-state index is 0.139. The summed E-state index contributed by atoms with van der Waals surface area (Å²) in [5.74, 6) is 2.19. The lowest BCUT2D eigenvalue weighted by atomic mass is 10.3. The van der Waals surface area contributed by atoms with Crippen LogP contribution in [0.1, 0.15) is 25.8 Å². The zero-order valence-electron chi connectivity index (χ0n) is 16.7. The first-order valence-corrected chi connectivity index (χ1v) is 10.3. The zero-order chi connectivity index (χ0) is 20.6. The molecule has 1 heterocycles. The smallest absolute Gasteiger partial charge is 0.234 e. The summed E-state index contributed by atoms with van der Waals surface area (Å²) in [6, 6.07) is 16.9. The molecule has 1 aromatic heterocycles. The zero-order valence-corrected chi connectivity index (χ0v) is 17.5. The second-order valence-corrected chi connectivity index (χ2v) is 7.18. The van der Waals surface area contributed by atoms with Gasteiger partial charge in [0.05, 0.1) is 18.0 Å². The lowest BCUT2D eigenvalue weighted by Gasteiger charge is -2.14. The lowest BCUT2D eigenvalue weighted by Crippen LogP contribution is -2.15. The van der Waals surface area contributed by atoms with Crippen molar-refractivity contribution in [2.75, 3.05) is 17.7 Å². The molecule has 0 aliphatic rings. The molecule has 29 heavy (non-hydrogen) atoms. The van der Waals surface area contributed by atoms with Gasteiger partial charge in [0, 0.05) is 7.05 Å². The highest BCUT2D eigenvalue weighted by atomic mass is 32.2. The Morgan fingerprint density at radius 3 is 2.62 bits per heavy atom. The molecular weight excluding hydrogens is 388 g/mol. The number of ether oxygens (including phenoxy) is 2. The molecule has 3 aromatic rings. The van der Waals surface area contributed by atoms with Crippen LogP contribution in [0.2, 0.25) is 0 Å². The molecule has 0 saturated heterocycles. The summed E-state index contributed by atoms with van der Waals surface area (Å²) >= 11 is 1.32. The molecule has 1 unspecified atom stereocenters. The third-order valence-electron chi connectivity index (χ3n) is 4.08. The summed E-state index contributed by atoms with van der Waals surface area (Å²) in [6.45, 7) is 4.36. The Morgan fingerprint density at radius 2 is 1.86 bits per heavy atom. The van der Waals surface area contributed by atoms with Gasteiger partial charge < -0.3 is 19.4 Å². The quantitative estimate of drug-likeness (QED) is 0.534. The lowest BCUT2D eigenvalue weighted by molar-refractivity contribution is -0.113. The highest BCUT2D eigenvalue weighted by Crippen LogP contribution is 2.26. The number of hydrogen-bond donors (Lipinski definition) is 1. The van der Waals surface area contributed by atoms with E-state index >= 15 is 0 Å². The van der Waals surface area contributed by atoms with Crippen LogP contribution in [0.15, 0.2) is 59.8 Å². The number of anilines is 1. The maximum atomic E-state index is 12.4. The molecule has 0 aliphatic carbocycles. The van der Waals surface area contributed by atoms with E-state index in [2.05, 4.69) is 15.5 Å². The van der Waals surface area contributed by atoms with Crippen LogP contribution in [0.25, 0.3) is 0 Å². The van der Waals surface area contributed by atoms with Gasteiger partial charge in [-0.15, -0.1) is 10.2 Å². The fraction of sp³-hybridized carbons (Fsp3) is 0.286. The number of amides is 1. The monoisotopic (exact) mass is 412 g/mol. The van der Waals surface area contributed by atoms with Crippen LogP contribution in [-0.4, -0.2) is 33.0 Å². The number of nitrogens with zero attached hydrogens (tertiary/aromatic N) is 3. The Bertz CT molecular complexity index is 946. The number of rotatable bonds is 9. The average molecular weight is 413 g/mol. The van der Waals surface area contributed by atoms with Gasteiger partial charge in [0.25, 0.3) is 0 Å². The number of benzene rings is 2. The summed E-state index contributed by atoms with van der Waals surface area (Å²) in [7, 11) is 1.87. The van der Waals surface area contributed by atoms with Gasteiger partial charge in [0.1, 0.15) is 11.5 Å².